The van der Waals surface area contributed by atoms with Crippen molar-refractivity contribution in [2.75, 3.05) is 11.4 Å². The van der Waals surface area contributed by atoms with Crippen LogP contribution in [0, 0.1) is 6.92 Å². The van der Waals surface area contributed by atoms with Crippen LogP contribution in [0.1, 0.15) is 42.2 Å². The molecule has 3 rings (SSSR count). The fourth-order valence-corrected chi connectivity index (χ4v) is 2.78. The summed E-state index contributed by atoms with van der Waals surface area (Å²) < 4.78 is 1.92. The van der Waals surface area contributed by atoms with Crippen LogP contribution in [0.3, 0.4) is 0 Å². The number of para-hydroxylation sites is 1. The highest BCUT2D eigenvalue weighted by molar-refractivity contribution is 5.85. The molecule has 0 amide bonds. The fourth-order valence-electron chi connectivity index (χ4n) is 2.78. The molecule has 0 unspecified atom stereocenters. The zero-order valence-corrected chi connectivity index (χ0v) is 12.6. The first-order valence-corrected chi connectivity index (χ1v) is 7.63. The monoisotopic (exact) mass is 283 g/mol. The van der Waals surface area contributed by atoms with Crippen molar-refractivity contribution in [3.63, 3.8) is 0 Å². The molecule has 1 fully saturated rings. The van der Waals surface area contributed by atoms with Crippen molar-refractivity contribution in [2.24, 2.45) is 0 Å². The van der Waals surface area contributed by atoms with Gasteiger partial charge in [-0.1, -0.05) is 25.1 Å². The predicted octanol–water partition coefficient (Wildman–Crippen LogP) is 3.37. The highest BCUT2D eigenvalue weighted by Gasteiger charge is 2.33. The third-order valence-electron chi connectivity index (χ3n) is 3.92. The standard InChI is InChI=1S/C17H21N3O/c1-3-11-19(14-9-10-14)17-16(12-21)13(2)18-20(17)15-7-5-4-6-8-15/h4-8,12,14H,3,9-11H2,1-2H3. The third-order valence-corrected chi connectivity index (χ3v) is 3.92. The maximum Gasteiger partial charge on any atom is 0.155 e. The van der Waals surface area contributed by atoms with Crippen LogP contribution in [0.25, 0.3) is 5.69 Å². The summed E-state index contributed by atoms with van der Waals surface area (Å²) in [5.74, 6) is 0.957. The summed E-state index contributed by atoms with van der Waals surface area (Å²) >= 11 is 0. The van der Waals surface area contributed by atoms with Gasteiger partial charge in [-0.25, -0.2) is 4.68 Å². The van der Waals surface area contributed by atoms with Gasteiger partial charge in [-0.15, -0.1) is 0 Å². The number of carbonyl (C=O) groups excluding carboxylic acids is 1. The zero-order valence-electron chi connectivity index (χ0n) is 12.6. The van der Waals surface area contributed by atoms with E-state index >= 15 is 0 Å². The minimum Gasteiger partial charge on any atom is -0.353 e. The quantitative estimate of drug-likeness (QED) is 0.763. The molecule has 0 atom stereocenters. The molecule has 0 aliphatic heterocycles. The minimum atomic E-state index is 0.558. The second-order valence-electron chi connectivity index (χ2n) is 5.61. The van der Waals surface area contributed by atoms with Gasteiger partial charge in [-0.2, -0.15) is 5.10 Å². The van der Waals surface area contributed by atoms with Gasteiger partial charge in [0.2, 0.25) is 0 Å². The molecule has 0 bridgehead atoms. The van der Waals surface area contributed by atoms with Crippen LogP contribution in [0.5, 0.6) is 0 Å². The molecule has 0 saturated heterocycles. The highest BCUT2D eigenvalue weighted by Crippen LogP contribution is 2.35. The Labute approximate surface area is 125 Å². The van der Waals surface area contributed by atoms with Gasteiger partial charge in [-0.3, -0.25) is 4.79 Å². The van der Waals surface area contributed by atoms with E-state index in [1.165, 1.54) is 12.8 Å². The number of nitrogens with zero attached hydrogens (tertiary/aromatic N) is 3. The molecule has 21 heavy (non-hydrogen) atoms. The van der Waals surface area contributed by atoms with Gasteiger partial charge in [0.1, 0.15) is 5.82 Å². The summed E-state index contributed by atoms with van der Waals surface area (Å²) in [5, 5.41) is 4.61. The van der Waals surface area contributed by atoms with E-state index in [-0.39, 0.29) is 0 Å². The SMILES string of the molecule is CCCN(c1c(C=O)c(C)nn1-c1ccccc1)C1CC1. The lowest BCUT2D eigenvalue weighted by atomic mass is 10.2. The van der Waals surface area contributed by atoms with Crippen LogP contribution in [0.15, 0.2) is 30.3 Å². The van der Waals surface area contributed by atoms with Crippen molar-refractivity contribution in [3.8, 4) is 5.69 Å². The van der Waals surface area contributed by atoms with Gasteiger partial charge in [0.25, 0.3) is 0 Å². The molecular weight excluding hydrogens is 262 g/mol. The molecular formula is C17H21N3O. The van der Waals surface area contributed by atoms with E-state index in [1.807, 2.05) is 41.9 Å². The van der Waals surface area contributed by atoms with Crippen LogP contribution in [-0.2, 0) is 0 Å². The molecule has 110 valence electrons. The van der Waals surface area contributed by atoms with E-state index in [0.29, 0.717) is 6.04 Å². The molecule has 1 aliphatic rings. The lowest BCUT2D eigenvalue weighted by molar-refractivity contribution is 0.112. The van der Waals surface area contributed by atoms with Crippen molar-refractivity contribution in [2.45, 2.75) is 39.2 Å². The molecule has 1 heterocycles. The number of rotatable bonds is 6. The van der Waals surface area contributed by atoms with Crippen LogP contribution in [0.2, 0.25) is 0 Å². The van der Waals surface area contributed by atoms with Gasteiger partial charge in [0.15, 0.2) is 6.29 Å². The van der Waals surface area contributed by atoms with Gasteiger partial charge in [0, 0.05) is 12.6 Å². The molecule has 0 spiro atoms. The number of aryl methyl sites for hydroxylation is 1. The predicted molar refractivity (Wildman–Crippen MR) is 84.3 cm³/mol. The summed E-state index contributed by atoms with van der Waals surface area (Å²) in [6, 6.07) is 10.6. The Morgan fingerprint density at radius 2 is 2.05 bits per heavy atom. The topological polar surface area (TPSA) is 38.1 Å². The number of hydrogen-bond donors (Lipinski definition) is 0. The smallest absolute Gasteiger partial charge is 0.155 e. The molecule has 0 N–H and O–H groups in total. The minimum absolute atomic E-state index is 0.558. The maximum atomic E-state index is 11.6. The molecule has 4 heteroatoms. The number of carbonyl (C=O) groups is 1. The van der Waals surface area contributed by atoms with Crippen LogP contribution >= 0.6 is 0 Å². The summed E-state index contributed by atoms with van der Waals surface area (Å²) in [5.41, 5.74) is 2.52. The van der Waals surface area contributed by atoms with E-state index in [0.717, 1.165) is 42.0 Å². The second-order valence-corrected chi connectivity index (χ2v) is 5.61. The van der Waals surface area contributed by atoms with Crippen LogP contribution in [-0.4, -0.2) is 28.7 Å². The van der Waals surface area contributed by atoms with E-state index in [1.54, 1.807) is 0 Å². The molecule has 4 nitrogen and oxygen atoms in total. The van der Waals surface area contributed by atoms with Crippen LogP contribution < -0.4 is 4.90 Å². The highest BCUT2D eigenvalue weighted by atomic mass is 16.1. The van der Waals surface area contributed by atoms with Gasteiger partial charge < -0.3 is 4.90 Å². The van der Waals surface area contributed by atoms with Gasteiger partial charge in [-0.05, 0) is 38.3 Å². The molecule has 1 aromatic heterocycles. The molecule has 1 aromatic carbocycles. The first kappa shape index (κ1) is 13.9. The summed E-state index contributed by atoms with van der Waals surface area (Å²) in [4.78, 5) is 13.9. The number of anilines is 1. The molecule has 1 aliphatic carbocycles. The third kappa shape index (κ3) is 2.58. The first-order chi connectivity index (χ1) is 10.3. The van der Waals surface area contributed by atoms with Gasteiger partial charge >= 0.3 is 0 Å². The summed E-state index contributed by atoms with van der Waals surface area (Å²) in [6.45, 7) is 5.04. The van der Waals surface area contributed by atoms with Crippen molar-refractivity contribution in [3.05, 3.63) is 41.6 Å². The van der Waals surface area contributed by atoms with E-state index in [9.17, 15) is 4.79 Å². The van der Waals surface area contributed by atoms with Crippen molar-refractivity contribution < 1.29 is 4.79 Å². The van der Waals surface area contributed by atoms with Crippen LogP contribution in [0.4, 0.5) is 5.82 Å². The fraction of sp³-hybridized carbons (Fsp3) is 0.412. The van der Waals surface area contributed by atoms with E-state index in [2.05, 4.69) is 16.9 Å². The summed E-state index contributed by atoms with van der Waals surface area (Å²) in [7, 11) is 0. The Morgan fingerprint density at radius 3 is 2.62 bits per heavy atom. The van der Waals surface area contributed by atoms with E-state index < -0.39 is 0 Å². The number of aromatic nitrogens is 2. The first-order valence-electron chi connectivity index (χ1n) is 7.63. The van der Waals surface area contributed by atoms with Crippen molar-refractivity contribution in [1.82, 2.24) is 9.78 Å². The molecule has 0 radical (unpaired) electrons. The summed E-state index contributed by atoms with van der Waals surface area (Å²) in [6.07, 6.45) is 4.42. The Balaban J connectivity index is 2.14. The van der Waals surface area contributed by atoms with E-state index in [4.69, 9.17) is 0 Å². The Hall–Kier alpha value is -2.10. The lowest BCUT2D eigenvalue weighted by Gasteiger charge is -2.25. The molecule has 1 saturated carbocycles. The zero-order chi connectivity index (χ0) is 14.8. The normalized spacial score (nSPS) is 14.2. The van der Waals surface area contributed by atoms with Gasteiger partial charge in [0.05, 0.1) is 16.9 Å². The van der Waals surface area contributed by atoms with Crippen molar-refractivity contribution in [1.29, 1.82) is 0 Å². The molecule has 2 aromatic rings. The number of hydrogen-bond acceptors (Lipinski definition) is 3. The Kier molecular flexibility index (Phi) is 3.78. The lowest BCUT2D eigenvalue weighted by Crippen LogP contribution is -2.29. The maximum absolute atomic E-state index is 11.6. The largest absolute Gasteiger partial charge is 0.353 e. The number of aldehydes is 1. The Morgan fingerprint density at radius 1 is 1.33 bits per heavy atom. The number of benzene rings is 1. The average molecular weight is 283 g/mol. The second kappa shape index (κ2) is 5.72. The van der Waals surface area contributed by atoms with Crippen molar-refractivity contribution >= 4 is 12.1 Å². The Bertz CT molecular complexity index is 629. The average Bonchev–Trinajstić information content (AvgIpc) is 3.29.